The van der Waals surface area contributed by atoms with E-state index in [1.807, 2.05) is 60.7 Å². The van der Waals surface area contributed by atoms with Crippen molar-refractivity contribution in [3.8, 4) is 0 Å². The van der Waals surface area contributed by atoms with Crippen LogP contribution >= 0.6 is 0 Å². The number of hydrogen-bond donors (Lipinski definition) is 3. The second-order valence-electron chi connectivity index (χ2n) is 7.71. The third-order valence-electron chi connectivity index (χ3n) is 5.15. The summed E-state index contributed by atoms with van der Waals surface area (Å²) in [5, 5.41) is 8.50. The Morgan fingerprint density at radius 3 is 2.38 bits per heavy atom. The van der Waals surface area contributed by atoms with Gasteiger partial charge in [-0.15, -0.1) is 0 Å². The highest BCUT2D eigenvalue weighted by atomic mass is 16.5. The minimum absolute atomic E-state index is 0.131. The van der Waals surface area contributed by atoms with E-state index in [0.29, 0.717) is 32.2 Å². The molecule has 3 amide bonds. The van der Waals surface area contributed by atoms with E-state index in [4.69, 9.17) is 4.74 Å². The van der Waals surface area contributed by atoms with E-state index in [1.54, 1.807) is 6.08 Å². The van der Waals surface area contributed by atoms with Crippen LogP contribution in [0.15, 0.2) is 72.8 Å². The van der Waals surface area contributed by atoms with E-state index in [0.717, 1.165) is 11.1 Å². The summed E-state index contributed by atoms with van der Waals surface area (Å²) in [6, 6.07) is 18.0. The molecule has 0 fully saturated rings. The number of ether oxygens (including phenoxy) is 1. The van der Waals surface area contributed by atoms with Gasteiger partial charge in [0.25, 0.3) is 0 Å². The normalized spacial score (nSPS) is 20.6. The predicted molar refractivity (Wildman–Crippen MR) is 122 cm³/mol. The van der Waals surface area contributed by atoms with Gasteiger partial charge >= 0.3 is 6.09 Å². The molecule has 2 aromatic rings. The van der Waals surface area contributed by atoms with Gasteiger partial charge in [0.2, 0.25) is 11.8 Å². The molecule has 1 aliphatic heterocycles. The van der Waals surface area contributed by atoms with Crippen LogP contribution in [0.25, 0.3) is 0 Å². The zero-order chi connectivity index (χ0) is 22.6. The fourth-order valence-corrected chi connectivity index (χ4v) is 3.44. The number of benzene rings is 2. The van der Waals surface area contributed by atoms with Crippen molar-refractivity contribution in [2.24, 2.45) is 0 Å². The van der Waals surface area contributed by atoms with E-state index in [2.05, 4.69) is 16.0 Å². The lowest BCUT2D eigenvalue weighted by atomic mass is 10.0. The Labute approximate surface area is 188 Å². The third-order valence-corrected chi connectivity index (χ3v) is 5.15. The standard InChI is InChI=1S/C25H29N3O4/c29-23-15-14-21(17-19-9-3-1-4-10-19)27-24(30)22(13-7-8-16-26-23)28-25(31)32-18-20-11-5-2-6-12-20/h1-6,9-12,14-15,21-22H,7-8,13,16-18H2,(H,26,29)(H,27,30)(H,28,31)/b15-14+/t21-,22+/m1/s1. The molecule has 7 nitrogen and oxygen atoms in total. The van der Waals surface area contributed by atoms with Crippen molar-refractivity contribution in [1.29, 1.82) is 0 Å². The molecule has 32 heavy (non-hydrogen) atoms. The van der Waals surface area contributed by atoms with Crippen LogP contribution in [0, 0.1) is 0 Å². The van der Waals surface area contributed by atoms with Crippen molar-refractivity contribution in [2.75, 3.05) is 6.54 Å². The maximum absolute atomic E-state index is 13.0. The average molecular weight is 436 g/mol. The molecule has 0 saturated carbocycles. The molecule has 2 atom stereocenters. The highest BCUT2D eigenvalue weighted by Crippen LogP contribution is 2.08. The number of alkyl carbamates (subject to hydrolysis) is 1. The Hall–Kier alpha value is -3.61. The summed E-state index contributed by atoms with van der Waals surface area (Å²) in [4.78, 5) is 37.3. The average Bonchev–Trinajstić information content (AvgIpc) is 2.81. The van der Waals surface area contributed by atoms with Crippen LogP contribution < -0.4 is 16.0 Å². The lowest BCUT2D eigenvalue weighted by Crippen LogP contribution is -2.50. The molecule has 0 unspecified atom stereocenters. The molecule has 0 aliphatic carbocycles. The third kappa shape index (κ3) is 7.91. The molecular weight excluding hydrogens is 406 g/mol. The molecule has 1 aliphatic rings. The molecule has 3 rings (SSSR count). The zero-order valence-electron chi connectivity index (χ0n) is 18.0. The van der Waals surface area contributed by atoms with Gasteiger partial charge in [-0.05, 0) is 36.8 Å². The molecule has 0 spiro atoms. The molecular formula is C25H29N3O4. The van der Waals surface area contributed by atoms with Crippen molar-refractivity contribution < 1.29 is 19.1 Å². The molecule has 7 heteroatoms. The summed E-state index contributed by atoms with van der Waals surface area (Å²) >= 11 is 0. The zero-order valence-corrected chi connectivity index (χ0v) is 18.0. The highest BCUT2D eigenvalue weighted by Gasteiger charge is 2.23. The first-order valence-corrected chi connectivity index (χ1v) is 10.9. The van der Waals surface area contributed by atoms with Crippen LogP contribution in [0.5, 0.6) is 0 Å². The second kappa shape index (κ2) is 12.3. The number of hydrogen-bond acceptors (Lipinski definition) is 4. The summed E-state index contributed by atoms with van der Waals surface area (Å²) < 4.78 is 5.29. The summed E-state index contributed by atoms with van der Waals surface area (Å²) in [6.45, 7) is 0.645. The number of carbonyl (C=O) groups excluding carboxylic acids is 3. The van der Waals surface area contributed by atoms with Gasteiger partial charge in [0, 0.05) is 12.6 Å². The Morgan fingerprint density at radius 2 is 1.66 bits per heavy atom. The van der Waals surface area contributed by atoms with Crippen LogP contribution in [-0.4, -0.2) is 36.5 Å². The van der Waals surface area contributed by atoms with Crippen LogP contribution in [0.4, 0.5) is 4.79 Å². The highest BCUT2D eigenvalue weighted by molar-refractivity contribution is 5.88. The lowest BCUT2D eigenvalue weighted by molar-refractivity contribution is -0.124. The van der Waals surface area contributed by atoms with Crippen LogP contribution in [-0.2, 0) is 27.4 Å². The number of amides is 3. The first-order valence-electron chi connectivity index (χ1n) is 10.9. The fourth-order valence-electron chi connectivity index (χ4n) is 3.44. The van der Waals surface area contributed by atoms with Gasteiger partial charge in [-0.1, -0.05) is 66.7 Å². The van der Waals surface area contributed by atoms with Gasteiger partial charge in [-0.25, -0.2) is 4.79 Å². The maximum atomic E-state index is 13.0. The smallest absolute Gasteiger partial charge is 0.408 e. The molecule has 0 saturated heterocycles. The van der Waals surface area contributed by atoms with Gasteiger partial charge in [-0.2, -0.15) is 0 Å². The minimum Gasteiger partial charge on any atom is -0.445 e. The van der Waals surface area contributed by atoms with Crippen molar-refractivity contribution in [3.05, 3.63) is 83.9 Å². The van der Waals surface area contributed by atoms with Gasteiger partial charge in [0.1, 0.15) is 12.6 Å². The van der Waals surface area contributed by atoms with Crippen LogP contribution in [0.3, 0.4) is 0 Å². The number of rotatable bonds is 5. The van der Waals surface area contributed by atoms with E-state index in [1.165, 1.54) is 6.08 Å². The predicted octanol–water partition coefficient (Wildman–Crippen LogP) is 2.87. The van der Waals surface area contributed by atoms with Crippen LogP contribution in [0.1, 0.15) is 30.4 Å². The summed E-state index contributed by atoms with van der Waals surface area (Å²) in [5.41, 5.74) is 1.90. The van der Waals surface area contributed by atoms with Gasteiger partial charge in [0.15, 0.2) is 0 Å². The Kier molecular flexibility index (Phi) is 8.86. The van der Waals surface area contributed by atoms with Crippen molar-refractivity contribution in [1.82, 2.24) is 16.0 Å². The topological polar surface area (TPSA) is 96.5 Å². The minimum atomic E-state index is -0.722. The van der Waals surface area contributed by atoms with Crippen molar-refractivity contribution >= 4 is 17.9 Å². The van der Waals surface area contributed by atoms with Gasteiger partial charge in [-0.3, -0.25) is 9.59 Å². The van der Waals surface area contributed by atoms with Gasteiger partial charge in [0.05, 0.1) is 6.04 Å². The Balaban J connectivity index is 1.65. The lowest BCUT2D eigenvalue weighted by Gasteiger charge is -2.22. The molecule has 3 N–H and O–H groups in total. The second-order valence-corrected chi connectivity index (χ2v) is 7.71. The van der Waals surface area contributed by atoms with Gasteiger partial charge < -0.3 is 20.7 Å². The summed E-state index contributed by atoms with van der Waals surface area (Å²) in [7, 11) is 0. The van der Waals surface area contributed by atoms with E-state index >= 15 is 0 Å². The monoisotopic (exact) mass is 435 g/mol. The quantitative estimate of drug-likeness (QED) is 0.673. The van der Waals surface area contributed by atoms with E-state index in [9.17, 15) is 14.4 Å². The SMILES string of the molecule is O=C1/C=C/[C@H](Cc2ccccc2)NC(=O)[C@@H](NC(=O)OCc2ccccc2)CCCCN1. The number of carbonyl (C=O) groups is 3. The molecule has 0 radical (unpaired) electrons. The molecule has 168 valence electrons. The molecule has 0 aromatic heterocycles. The summed E-state index contributed by atoms with van der Waals surface area (Å²) in [5.74, 6) is -0.481. The maximum Gasteiger partial charge on any atom is 0.408 e. The Bertz CT molecular complexity index is 915. The molecule has 2 aromatic carbocycles. The van der Waals surface area contributed by atoms with Crippen LogP contribution in [0.2, 0.25) is 0 Å². The molecule has 1 heterocycles. The Morgan fingerprint density at radius 1 is 0.969 bits per heavy atom. The van der Waals surface area contributed by atoms with E-state index < -0.39 is 12.1 Å². The summed E-state index contributed by atoms with van der Waals surface area (Å²) in [6.07, 6.45) is 4.86. The first kappa shape index (κ1) is 23.1. The molecule has 0 bridgehead atoms. The first-order chi connectivity index (χ1) is 15.6. The largest absolute Gasteiger partial charge is 0.445 e. The van der Waals surface area contributed by atoms with E-state index in [-0.39, 0.29) is 24.5 Å². The number of nitrogens with one attached hydrogen (secondary N) is 3. The van der Waals surface area contributed by atoms with Crippen molar-refractivity contribution in [3.63, 3.8) is 0 Å². The fraction of sp³-hybridized carbons (Fsp3) is 0.320. The van der Waals surface area contributed by atoms with Crippen molar-refractivity contribution in [2.45, 2.75) is 44.4 Å².